The van der Waals surface area contributed by atoms with Crippen molar-refractivity contribution < 1.29 is 13.6 Å². The summed E-state index contributed by atoms with van der Waals surface area (Å²) in [6.07, 6.45) is -1.43. The molecule has 0 bridgehead atoms. The summed E-state index contributed by atoms with van der Waals surface area (Å²) in [5, 5.41) is 2.62. The van der Waals surface area contributed by atoms with Gasteiger partial charge in [0.15, 0.2) is 5.54 Å². The number of hydrogen-bond acceptors (Lipinski definition) is 3. The number of alkyl halides is 2. The monoisotopic (exact) mass is 148 g/mol. The molecule has 0 aliphatic carbocycles. The molecular weight excluding hydrogens is 142 g/mol. The van der Waals surface area contributed by atoms with Gasteiger partial charge >= 0.3 is 0 Å². The molecular formula is C5H6F2N2O. The molecule has 0 spiro atoms. The molecule has 0 atom stereocenters. The van der Waals surface area contributed by atoms with Gasteiger partial charge in [0.2, 0.25) is 6.08 Å². The van der Waals surface area contributed by atoms with E-state index in [2.05, 4.69) is 10.3 Å². The molecule has 0 aromatic rings. The minimum Gasteiger partial charge on any atom is -0.311 e. The molecule has 3 nitrogen and oxygen atoms in total. The number of halogens is 2. The SMILES string of the molecule is O=C=NC1(C(F)F)CNC1. The number of carbonyl (C=O) groups excluding carboxylic acids is 1. The molecule has 10 heavy (non-hydrogen) atoms. The van der Waals surface area contributed by atoms with Crippen LogP contribution in [0.25, 0.3) is 0 Å². The molecule has 56 valence electrons. The highest BCUT2D eigenvalue weighted by Crippen LogP contribution is 2.24. The van der Waals surface area contributed by atoms with Gasteiger partial charge in [-0.15, -0.1) is 0 Å². The predicted octanol–water partition coefficient (Wildman–Crippen LogP) is -0.0707. The van der Waals surface area contributed by atoms with Gasteiger partial charge in [-0.1, -0.05) is 0 Å². The van der Waals surface area contributed by atoms with Gasteiger partial charge < -0.3 is 5.32 Å². The molecule has 0 unspecified atom stereocenters. The molecule has 1 saturated heterocycles. The number of nitrogens with one attached hydrogen (secondary N) is 1. The van der Waals surface area contributed by atoms with Gasteiger partial charge in [0.05, 0.1) is 0 Å². The van der Waals surface area contributed by atoms with Gasteiger partial charge in [-0.05, 0) is 0 Å². The van der Waals surface area contributed by atoms with Gasteiger partial charge in [-0.2, -0.15) is 4.99 Å². The number of rotatable bonds is 2. The maximum Gasteiger partial charge on any atom is 0.266 e. The Kier molecular flexibility index (Phi) is 1.78. The van der Waals surface area contributed by atoms with Crippen molar-refractivity contribution >= 4 is 6.08 Å². The molecule has 0 aromatic carbocycles. The van der Waals surface area contributed by atoms with Crippen molar-refractivity contribution in [2.24, 2.45) is 4.99 Å². The highest BCUT2D eigenvalue weighted by atomic mass is 19.3. The Labute approximate surface area is 56.1 Å². The third-order valence-electron chi connectivity index (χ3n) is 1.54. The Morgan fingerprint density at radius 1 is 1.60 bits per heavy atom. The van der Waals surface area contributed by atoms with Crippen molar-refractivity contribution in [2.45, 2.75) is 12.0 Å². The average Bonchev–Trinajstić information content (AvgIpc) is 1.77. The highest BCUT2D eigenvalue weighted by molar-refractivity contribution is 5.36. The van der Waals surface area contributed by atoms with E-state index in [0.717, 1.165) is 6.08 Å². The summed E-state index contributed by atoms with van der Waals surface area (Å²) >= 11 is 0. The molecule has 1 rings (SSSR count). The molecule has 1 fully saturated rings. The van der Waals surface area contributed by atoms with E-state index in [1.54, 1.807) is 0 Å². The molecule has 1 heterocycles. The van der Waals surface area contributed by atoms with Crippen LogP contribution >= 0.6 is 0 Å². The number of hydrogen-bond donors (Lipinski definition) is 1. The first-order valence-electron chi connectivity index (χ1n) is 2.79. The van der Waals surface area contributed by atoms with E-state index in [1.807, 2.05) is 0 Å². The van der Waals surface area contributed by atoms with E-state index in [1.165, 1.54) is 0 Å². The first kappa shape index (κ1) is 7.31. The lowest BCUT2D eigenvalue weighted by Gasteiger charge is -2.36. The summed E-state index contributed by atoms with van der Waals surface area (Å²) in [6, 6.07) is 0. The second-order valence-corrected chi connectivity index (χ2v) is 2.21. The summed E-state index contributed by atoms with van der Waals surface area (Å²) < 4.78 is 24.0. The van der Waals surface area contributed by atoms with E-state index in [4.69, 9.17) is 0 Å². The van der Waals surface area contributed by atoms with Crippen LogP contribution in [-0.4, -0.2) is 31.1 Å². The second kappa shape index (κ2) is 2.44. The van der Waals surface area contributed by atoms with Crippen LogP contribution in [0.2, 0.25) is 0 Å². The second-order valence-electron chi connectivity index (χ2n) is 2.21. The third kappa shape index (κ3) is 0.936. The Hall–Kier alpha value is -0.800. The van der Waals surface area contributed by atoms with Gasteiger partial charge in [-0.3, -0.25) is 0 Å². The molecule has 5 heteroatoms. The highest BCUT2D eigenvalue weighted by Gasteiger charge is 2.46. The number of nitrogens with zero attached hydrogens (tertiary/aromatic N) is 1. The van der Waals surface area contributed by atoms with Crippen LogP contribution in [0.5, 0.6) is 0 Å². The van der Waals surface area contributed by atoms with E-state index in [0.29, 0.717) is 0 Å². The van der Waals surface area contributed by atoms with Gasteiger partial charge in [-0.25, -0.2) is 13.6 Å². The topological polar surface area (TPSA) is 41.5 Å². The van der Waals surface area contributed by atoms with Crippen molar-refractivity contribution in [3.05, 3.63) is 0 Å². The minimum atomic E-state index is -2.57. The first-order chi connectivity index (χ1) is 4.71. The Morgan fingerprint density at radius 2 is 2.20 bits per heavy atom. The fourth-order valence-electron chi connectivity index (χ4n) is 0.754. The van der Waals surface area contributed by atoms with Crippen LogP contribution < -0.4 is 5.32 Å². The number of isocyanates is 1. The average molecular weight is 148 g/mol. The van der Waals surface area contributed by atoms with Crippen LogP contribution in [0.1, 0.15) is 0 Å². The van der Waals surface area contributed by atoms with Crippen LogP contribution in [0.3, 0.4) is 0 Å². The summed E-state index contributed by atoms with van der Waals surface area (Å²) in [7, 11) is 0. The molecule has 0 amide bonds. The lowest BCUT2D eigenvalue weighted by atomic mass is 9.94. The van der Waals surface area contributed by atoms with Crippen molar-refractivity contribution in [1.29, 1.82) is 0 Å². The summed E-state index contributed by atoms with van der Waals surface area (Å²) in [4.78, 5) is 12.7. The summed E-state index contributed by atoms with van der Waals surface area (Å²) in [6.45, 7) is 0.139. The smallest absolute Gasteiger partial charge is 0.266 e. The zero-order valence-electron chi connectivity index (χ0n) is 5.10. The van der Waals surface area contributed by atoms with Crippen LogP contribution in [-0.2, 0) is 4.79 Å². The van der Waals surface area contributed by atoms with Gasteiger partial charge in [0.1, 0.15) is 0 Å². The minimum absolute atomic E-state index is 0.0694. The molecule has 0 radical (unpaired) electrons. The van der Waals surface area contributed by atoms with Crippen molar-refractivity contribution in [2.75, 3.05) is 13.1 Å². The molecule has 1 N–H and O–H groups in total. The predicted molar refractivity (Wildman–Crippen MR) is 29.7 cm³/mol. The van der Waals surface area contributed by atoms with E-state index < -0.39 is 12.0 Å². The van der Waals surface area contributed by atoms with Crippen molar-refractivity contribution in [3.8, 4) is 0 Å². The van der Waals surface area contributed by atoms with E-state index >= 15 is 0 Å². The molecule has 1 aliphatic heterocycles. The standard InChI is InChI=1S/C5H6F2N2O/c6-4(7)5(9-3-10)1-8-2-5/h4,8H,1-2H2. The Bertz CT molecular complexity index is 172. The largest absolute Gasteiger partial charge is 0.311 e. The summed E-state index contributed by atoms with van der Waals surface area (Å²) in [5.74, 6) is 0. The zero-order valence-corrected chi connectivity index (χ0v) is 5.10. The molecule has 1 aliphatic rings. The van der Waals surface area contributed by atoms with E-state index in [-0.39, 0.29) is 13.1 Å². The van der Waals surface area contributed by atoms with Crippen molar-refractivity contribution in [1.82, 2.24) is 5.32 Å². The molecule has 0 saturated carbocycles. The fourth-order valence-corrected chi connectivity index (χ4v) is 0.754. The van der Waals surface area contributed by atoms with Crippen LogP contribution in [0, 0.1) is 0 Å². The molecule has 0 aromatic heterocycles. The van der Waals surface area contributed by atoms with Crippen LogP contribution in [0.15, 0.2) is 4.99 Å². The zero-order chi connectivity index (χ0) is 7.61. The number of aliphatic imine (C=N–C) groups is 1. The normalized spacial score (nSPS) is 21.5. The lowest BCUT2D eigenvalue weighted by molar-refractivity contribution is 0.0247. The quantitative estimate of drug-likeness (QED) is 0.440. The Morgan fingerprint density at radius 3 is 2.30 bits per heavy atom. The fraction of sp³-hybridized carbons (Fsp3) is 0.800. The van der Waals surface area contributed by atoms with Crippen molar-refractivity contribution in [3.63, 3.8) is 0 Å². The maximum atomic E-state index is 12.0. The maximum absolute atomic E-state index is 12.0. The third-order valence-corrected chi connectivity index (χ3v) is 1.54. The van der Waals surface area contributed by atoms with Crippen LogP contribution in [0.4, 0.5) is 8.78 Å². The Balaban J connectivity index is 2.68. The lowest BCUT2D eigenvalue weighted by Crippen LogP contribution is -2.62. The first-order valence-corrected chi connectivity index (χ1v) is 2.79. The summed E-state index contributed by atoms with van der Waals surface area (Å²) in [5.41, 5.74) is -1.47. The van der Waals surface area contributed by atoms with Gasteiger partial charge in [0.25, 0.3) is 6.43 Å². The van der Waals surface area contributed by atoms with E-state index in [9.17, 15) is 13.6 Å². The van der Waals surface area contributed by atoms with Gasteiger partial charge in [0, 0.05) is 13.1 Å².